The van der Waals surface area contributed by atoms with Gasteiger partial charge in [-0.25, -0.2) is 0 Å². The van der Waals surface area contributed by atoms with E-state index in [9.17, 15) is 9.90 Å². The molecule has 2 heteroatoms. The molecule has 0 aromatic rings. The Kier molecular flexibility index (Phi) is 9.17. The number of hydrogen-bond donors (Lipinski definition) is 1. The highest BCUT2D eigenvalue weighted by Crippen LogP contribution is 2.40. The first-order valence-corrected chi connectivity index (χ1v) is 9.54. The zero-order valence-electron chi connectivity index (χ0n) is 17.6. The summed E-state index contributed by atoms with van der Waals surface area (Å²) in [4.78, 5) is 10.5. The molecule has 146 valence electrons. The van der Waals surface area contributed by atoms with E-state index in [2.05, 4.69) is 52.0 Å². The van der Waals surface area contributed by atoms with Crippen LogP contribution in [0.3, 0.4) is 0 Å². The Morgan fingerprint density at radius 2 is 1.52 bits per heavy atom. The van der Waals surface area contributed by atoms with Gasteiger partial charge in [-0.1, -0.05) is 85.3 Å². The van der Waals surface area contributed by atoms with Crippen molar-refractivity contribution in [1.82, 2.24) is 0 Å². The van der Waals surface area contributed by atoms with Crippen molar-refractivity contribution in [1.29, 1.82) is 0 Å². The Bertz CT molecular complexity index is 734. The van der Waals surface area contributed by atoms with Crippen LogP contribution in [0.2, 0.25) is 0 Å². The normalized spacial score (nSPS) is 22.5. The average molecular weight is 367 g/mol. The van der Waals surface area contributed by atoms with E-state index < -0.39 is 0 Å². The molecule has 0 fully saturated rings. The van der Waals surface area contributed by atoms with Gasteiger partial charge in [-0.15, -0.1) is 0 Å². The van der Waals surface area contributed by atoms with Crippen LogP contribution < -0.4 is 0 Å². The van der Waals surface area contributed by atoms with Crippen LogP contribution in [-0.4, -0.2) is 17.5 Å². The van der Waals surface area contributed by atoms with Crippen LogP contribution in [0.15, 0.2) is 82.5 Å². The van der Waals surface area contributed by atoms with Crippen molar-refractivity contribution in [2.45, 2.75) is 60.5 Å². The van der Waals surface area contributed by atoms with Gasteiger partial charge >= 0.3 is 0 Å². The fourth-order valence-corrected chi connectivity index (χ4v) is 3.31. The van der Waals surface area contributed by atoms with E-state index in [0.29, 0.717) is 5.57 Å². The van der Waals surface area contributed by atoms with E-state index >= 15 is 0 Å². The second-order valence-corrected chi connectivity index (χ2v) is 8.07. The number of hydrogen-bond acceptors (Lipinski definition) is 2. The van der Waals surface area contributed by atoms with Gasteiger partial charge < -0.3 is 5.11 Å². The fourth-order valence-electron chi connectivity index (χ4n) is 3.31. The Balaban J connectivity index is 2.74. The molecule has 0 aromatic heterocycles. The molecule has 0 saturated heterocycles. The maximum atomic E-state index is 10.5. The van der Waals surface area contributed by atoms with Gasteiger partial charge in [0.1, 0.15) is 6.29 Å². The molecule has 1 atom stereocenters. The highest BCUT2D eigenvalue weighted by molar-refractivity contribution is 5.72. The lowest BCUT2D eigenvalue weighted by Crippen LogP contribution is -2.28. The van der Waals surface area contributed by atoms with Gasteiger partial charge in [0.15, 0.2) is 0 Å². The predicted molar refractivity (Wildman–Crippen MR) is 116 cm³/mol. The lowest BCUT2D eigenvalue weighted by Gasteiger charge is -2.35. The summed E-state index contributed by atoms with van der Waals surface area (Å²) in [6.45, 7) is 12.4. The first-order chi connectivity index (χ1) is 12.7. The highest BCUT2D eigenvalue weighted by Gasteiger charge is 2.31. The summed E-state index contributed by atoms with van der Waals surface area (Å²) in [5.74, 6) is 0. The molecule has 0 aromatic carbocycles. The number of aliphatic hydroxyl groups is 1. The number of carbonyl (C=O) groups excluding carboxylic acids is 1. The Labute approximate surface area is 165 Å². The molecule has 2 nitrogen and oxygen atoms in total. The van der Waals surface area contributed by atoms with Gasteiger partial charge in [0.25, 0.3) is 0 Å². The van der Waals surface area contributed by atoms with E-state index in [1.807, 2.05) is 31.2 Å². The molecule has 0 bridgehead atoms. The summed E-state index contributed by atoms with van der Waals surface area (Å²) in [6, 6.07) is 0. The summed E-state index contributed by atoms with van der Waals surface area (Å²) in [5.41, 5.74) is 5.65. The molecule has 1 aliphatic rings. The van der Waals surface area contributed by atoms with Crippen molar-refractivity contribution in [2.24, 2.45) is 5.41 Å². The zero-order chi connectivity index (χ0) is 20.4. The molecule has 1 N–H and O–H groups in total. The van der Waals surface area contributed by atoms with E-state index in [1.165, 1.54) is 16.7 Å². The van der Waals surface area contributed by atoms with Gasteiger partial charge in [0.05, 0.1) is 6.10 Å². The molecule has 0 saturated carbocycles. The molecule has 0 unspecified atom stereocenters. The second kappa shape index (κ2) is 10.8. The van der Waals surface area contributed by atoms with Crippen molar-refractivity contribution in [3.05, 3.63) is 82.5 Å². The standard InChI is InChI=1S/C25H34O2/c1-19(10-7-8-11-21(3)18-26)12-9-13-20(2)14-15-24-22(4)16-23(27)17-25(24,5)6/h7-15,18,23,27H,16-17H2,1-6H3/b8-7+,12-9+,15-14+,19-10-,20-13+,21-11+/t23-/m1/s1. The Morgan fingerprint density at radius 1 is 0.963 bits per heavy atom. The molecular weight excluding hydrogens is 332 g/mol. The number of rotatable bonds is 7. The van der Waals surface area contributed by atoms with Gasteiger partial charge in [0, 0.05) is 0 Å². The van der Waals surface area contributed by atoms with Crippen LogP contribution in [0.1, 0.15) is 54.4 Å². The summed E-state index contributed by atoms with van der Waals surface area (Å²) in [5, 5.41) is 9.99. The lowest BCUT2D eigenvalue weighted by atomic mass is 9.71. The topological polar surface area (TPSA) is 37.3 Å². The van der Waals surface area contributed by atoms with Crippen LogP contribution >= 0.6 is 0 Å². The van der Waals surface area contributed by atoms with E-state index in [-0.39, 0.29) is 11.5 Å². The van der Waals surface area contributed by atoms with E-state index in [1.54, 1.807) is 13.0 Å². The third-order valence-electron chi connectivity index (χ3n) is 4.72. The minimum absolute atomic E-state index is 0.0106. The predicted octanol–water partition coefficient (Wildman–Crippen LogP) is 6.19. The maximum absolute atomic E-state index is 10.5. The zero-order valence-corrected chi connectivity index (χ0v) is 17.6. The van der Waals surface area contributed by atoms with Crippen LogP contribution in [0.5, 0.6) is 0 Å². The second-order valence-electron chi connectivity index (χ2n) is 8.07. The largest absolute Gasteiger partial charge is 0.393 e. The van der Waals surface area contributed by atoms with Gasteiger partial charge in [-0.05, 0) is 57.1 Å². The van der Waals surface area contributed by atoms with E-state index in [0.717, 1.165) is 24.7 Å². The monoisotopic (exact) mass is 366 g/mol. The first-order valence-electron chi connectivity index (χ1n) is 9.54. The van der Waals surface area contributed by atoms with Crippen LogP contribution in [0.25, 0.3) is 0 Å². The molecule has 1 aliphatic carbocycles. The number of allylic oxidation sites excluding steroid dienone is 13. The van der Waals surface area contributed by atoms with Gasteiger partial charge in [-0.2, -0.15) is 0 Å². The minimum Gasteiger partial charge on any atom is -0.393 e. The summed E-state index contributed by atoms with van der Waals surface area (Å²) < 4.78 is 0. The quantitative estimate of drug-likeness (QED) is 0.331. The number of aliphatic hydroxyl groups excluding tert-OH is 1. The summed E-state index contributed by atoms with van der Waals surface area (Å²) in [7, 11) is 0. The van der Waals surface area contributed by atoms with E-state index in [4.69, 9.17) is 0 Å². The third-order valence-corrected chi connectivity index (χ3v) is 4.72. The molecule has 0 amide bonds. The van der Waals surface area contributed by atoms with Crippen molar-refractivity contribution in [3.63, 3.8) is 0 Å². The van der Waals surface area contributed by atoms with Gasteiger partial charge in [-0.3, -0.25) is 4.79 Å². The van der Waals surface area contributed by atoms with Crippen molar-refractivity contribution >= 4 is 6.29 Å². The Morgan fingerprint density at radius 3 is 2.11 bits per heavy atom. The molecule has 1 rings (SSSR count). The smallest absolute Gasteiger partial charge is 0.145 e. The average Bonchev–Trinajstić information content (AvgIpc) is 2.56. The summed E-state index contributed by atoms with van der Waals surface area (Å²) >= 11 is 0. The molecule has 27 heavy (non-hydrogen) atoms. The van der Waals surface area contributed by atoms with Gasteiger partial charge in [0.2, 0.25) is 0 Å². The van der Waals surface area contributed by atoms with Crippen LogP contribution in [-0.2, 0) is 4.79 Å². The first kappa shape index (κ1) is 22.9. The maximum Gasteiger partial charge on any atom is 0.145 e. The van der Waals surface area contributed by atoms with Crippen molar-refractivity contribution in [3.8, 4) is 0 Å². The molecule has 0 spiro atoms. The SMILES string of the molecule is CC1=C(/C=C/C(C)=C/C=C/C(C)=C\C=C\C=C(/C)C=O)C(C)(C)C[C@H](O)C1. The number of aldehydes is 1. The van der Waals surface area contributed by atoms with Crippen molar-refractivity contribution < 1.29 is 9.90 Å². The lowest BCUT2D eigenvalue weighted by molar-refractivity contribution is -0.104. The third kappa shape index (κ3) is 8.36. The minimum atomic E-state index is -0.224. The van der Waals surface area contributed by atoms with Crippen molar-refractivity contribution in [2.75, 3.05) is 0 Å². The highest BCUT2D eigenvalue weighted by atomic mass is 16.3. The molecule has 0 aliphatic heterocycles. The molecule has 0 radical (unpaired) electrons. The van der Waals surface area contributed by atoms with Crippen LogP contribution in [0, 0.1) is 5.41 Å². The summed E-state index contributed by atoms with van der Waals surface area (Å²) in [6.07, 6.45) is 20.3. The molecule has 0 heterocycles. The number of carbonyl (C=O) groups is 1. The molecular formula is C25H34O2. The fraction of sp³-hybridized carbons (Fsp3) is 0.400. The Hall–Kier alpha value is -2.19. The van der Waals surface area contributed by atoms with Crippen LogP contribution in [0.4, 0.5) is 0 Å².